The highest BCUT2D eigenvalue weighted by molar-refractivity contribution is 6.30. The molecule has 0 aliphatic heterocycles. The molecule has 0 atom stereocenters. The average molecular weight is 200 g/mol. The lowest BCUT2D eigenvalue weighted by Gasteiger charge is -1.95. The molecule has 0 aromatic carbocycles. The molecule has 62 valence electrons. The molecule has 1 heterocycles. The first-order chi connectivity index (χ1) is 5.74. The summed E-state index contributed by atoms with van der Waals surface area (Å²) in [4.78, 5) is 4.05. The number of aromatic nitrogens is 1. The molecule has 0 aliphatic carbocycles. The smallest absolute Gasteiger partial charge is 0.116 e. The second kappa shape index (κ2) is 4.35. The van der Waals surface area contributed by atoms with Crippen LogP contribution in [-0.2, 0) is 0 Å². The van der Waals surface area contributed by atoms with Gasteiger partial charge in [-0.25, -0.2) is 4.98 Å². The standard InChI is InChI=1S/C9H7Cl2N/c1-7-5-8(11)6-12-9(7)3-2-4-10/h5-6H,4H2,1H3. The van der Waals surface area contributed by atoms with Crippen molar-refractivity contribution in [2.45, 2.75) is 6.92 Å². The van der Waals surface area contributed by atoms with Crippen LogP contribution in [0, 0.1) is 18.8 Å². The van der Waals surface area contributed by atoms with E-state index in [4.69, 9.17) is 23.2 Å². The van der Waals surface area contributed by atoms with Gasteiger partial charge in [0.1, 0.15) is 5.69 Å². The van der Waals surface area contributed by atoms with Gasteiger partial charge in [0.25, 0.3) is 0 Å². The zero-order valence-corrected chi connectivity index (χ0v) is 8.08. The molecular formula is C9H7Cl2N. The van der Waals surface area contributed by atoms with Crippen molar-refractivity contribution in [3.8, 4) is 11.8 Å². The lowest BCUT2D eigenvalue weighted by molar-refractivity contribution is 1.23. The quantitative estimate of drug-likeness (QED) is 0.463. The maximum Gasteiger partial charge on any atom is 0.116 e. The van der Waals surface area contributed by atoms with E-state index in [-0.39, 0.29) is 0 Å². The van der Waals surface area contributed by atoms with Crippen LogP contribution in [0.3, 0.4) is 0 Å². The highest BCUT2D eigenvalue weighted by Gasteiger charge is 1.95. The Balaban J connectivity index is 3.01. The number of nitrogens with zero attached hydrogens (tertiary/aromatic N) is 1. The minimum Gasteiger partial charge on any atom is -0.246 e. The van der Waals surface area contributed by atoms with Crippen molar-refractivity contribution in [2.24, 2.45) is 0 Å². The van der Waals surface area contributed by atoms with E-state index < -0.39 is 0 Å². The van der Waals surface area contributed by atoms with Crippen LogP contribution in [0.1, 0.15) is 11.3 Å². The van der Waals surface area contributed by atoms with Gasteiger partial charge in [-0.15, -0.1) is 11.6 Å². The zero-order valence-electron chi connectivity index (χ0n) is 6.56. The molecule has 3 heteroatoms. The Bertz CT molecular complexity index is 336. The van der Waals surface area contributed by atoms with E-state index in [9.17, 15) is 0 Å². The van der Waals surface area contributed by atoms with Crippen LogP contribution < -0.4 is 0 Å². The third kappa shape index (κ3) is 2.41. The van der Waals surface area contributed by atoms with Gasteiger partial charge in [0.15, 0.2) is 0 Å². The number of rotatable bonds is 0. The van der Waals surface area contributed by atoms with Crippen molar-refractivity contribution in [2.75, 3.05) is 5.88 Å². The van der Waals surface area contributed by atoms with Gasteiger partial charge < -0.3 is 0 Å². The van der Waals surface area contributed by atoms with E-state index >= 15 is 0 Å². The molecule has 0 amide bonds. The summed E-state index contributed by atoms with van der Waals surface area (Å²) in [5.41, 5.74) is 1.71. The number of hydrogen-bond donors (Lipinski definition) is 0. The van der Waals surface area contributed by atoms with Crippen LogP contribution in [-0.4, -0.2) is 10.9 Å². The van der Waals surface area contributed by atoms with Crippen molar-refractivity contribution in [1.82, 2.24) is 4.98 Å². The molecule has 0 saturated carbocycles. The van der Waals surface area contributed by atoms with Gasteiger partial charge in [-0.05, 0) is 24.5 Å². The molecule has 0 aliphatic rings. The Morgan fingerprint density at radius 3 is 2.92 bits per heavy atom. The highest BCUT2D eigenvalue weighted by Crippen LogP contribution is 2.10. The summed E-state index contributed by atoms with van der Waals surface area (Å²) in [6.07, 6.45) is 1.58. The van der Waals surface area contributed by atoms with Gasteiger partial charge in [0.05, 0.1) is 10.9 Å². The highest BCUT2D eigenvalue weighted by atomic mass is 35.5. The van der Waals surface area contributed by atoms with Crippen molar-refractivity contribution in [3.63, 3.8) is 0 Å². The van der Waals surface area contributed by atoms with Crippen molar-refractivity contribution < 1.29 is 0 Å². The third-order valence-electron chi connectivity index (χ3n) is 1.32. The molecular weight excluding hydrogens is 193 g/mol. The first kappa shape index (κ1) is 9.38. The minimum absolute atomic E-state index is 0.323. The summed E-state index contributed by atoms with van der Waals surface area (Å²) in [5.74, 6) is 5.90. The van der Waals surface area contributed by atoms with Crippen LogP contribution in [0.5, 0.6) is 0 Å². The summed E-state index contributed by atoms with van der Waals surface area (Å²) in [5, 5.41) is 0.629. The topological polar surface area (TPSA) is 12.9 Å². The molecule has 0 fully saturated rings. The van der Waals surface area contributed by atoms with Gasteiger partial charge in [-0.2, -0.15) is 0 Å². The summed E-state index contributed by atoms with van der Waals surface area (Å²) < 4.78 is 0. The second-order valence-electron chi connectivity index (χ2n) is 2.25. The molecule has 12 heavy (non-hydrogen) atoms. The van der Waals surface area contributed by atoms with E-state index in [1.165, 1.54) is 0 Å². The largest absolute Gasteiger partial charge is 0.246 e. The maximum absolute atomic E-state index is 5.71. The molecule has 0 spiro atoms. The first-order valence-electron chi connectivity index (χ1n) is 3.41. The van der Waals surface area contributed by atoms with E-state index in [1.54, 1.807) is 6.20 Å². The lowest BCUT2D eigenvalue weighted by atomic mass is 10.2. The van der Waals surface area contributed by atoms with Crippen LogP contribution in [0.2, 0.25) is 5.02 Å². The molecule has 1 aromatic heterocycles. The van der Waals surface area contributed by atoms with E-state index in [2.05, 4.69) is 16.8 Å². The van der Waals surface area contributed by atoms with E-state index in [0.717, 1.165) is 11.3 Å². The molecule has 1 nitrogen and oxygen atoms in total. The van der Waals surface area contributed by atoms with Crippen LogP contribution in [0.4, 0.5) is 0 Å². The summed E-state index contributed by atoms with van der Waals surface area (Å²) in [6.45, 7) is 1.91. The van der Waals surface area contributed by atoms with Crippen molar-refractivity contribution in [3.05, 3.63) is 28.5 Å². The monoisotopic (exact) mass is 199 g/mol. The minimum atomic E-state index is 0.323. The fourth-order valence-electron chi connectivity index (χ4n) is 0.788. The zero-order chi connectivity index (χ0) is 8.97. The predicted octanol–water partition coefficient (Wildman–Crippen LogP) is 2.63. The lowest BCUT2D eigenvalue weighted by Crippen LogP contribution is -1.86. The van der Waals surface area contributed by atoms with Crippen LogP contribution in [0.25, 0.3) is 0 Å². The second-order valence-corrected chi connectivity index (χ2v) is 2.96. The fourth-order valence-corrected chi connectivity index (χ4v) is 1.07. The number of pyridine rings is 1. The Morgan fingerprint density at radius 2 is 2.33 bits per heavy atom. The maximum atomic E-state index is 5.71. The molecule has 0 bridgehead atoms. The number of hydrogen-bond acceptors (Lipinski definition) is 1. The van der Waals surface area contributed by atoms with Crippen molar-refractivity contribution in [1.29, 1.82) is 0 Å². The predicted molar refractivity (Wildman–Crippen MR) is 51.6 cm³/mol. The molecule has 0 radical (unpaired) electrons. The van der Waals surface area contributed by atoms with Gasteiger partial charge in [0.2, 0.25) is 0 Å². The van der Waals surface area contributed by atoms with Crippen molar-refractivity contribution >= 4 is 23.2 Å². The van der Waals surface area contributed by atoms with Crippen LogP contribution in [0.15, 0.2) is 12.3 Å². The normalized spacial score (nSPS) is 8.92. The van der Waals surface area contributed by atoms with Gasteiger partial charge in [-0.3, -0.25) is 0 Å². The molecule has 0 saturated heterocycles. The number of halogens is 2. The molecule has 0 unspecified atom stereocenters. The molecule has 1 aromatic rings. The van der Waals surface area contributed by atoms with Gasteiger partial charge >= 0.3 is 0 Å². The average Bonchev–Trinajstić information content (AvgIpc) is 2.03. The number of aryl methyl sites for hydroxylation is 1. The summed E-state index contributed by atoms with van der Waals surface area (Å²) >= 11 is 11.1. The Hall–Kier alpha value is -0.710. The third-order valence-corrected chi connectivity index (χ3v) is 1.66. The van der Waals surface area contributed by atoms with E-state index in [0.29, 0.717) is 10.9 Å². The Kier molecular flexibility index (Phi) is 3.40. The SMILES string of the molecule is Cc1cc(Cl)cnc1C#CCCl. The number of alkyl halides is 1. The molecule has 1 rings (SSSR count). The summed E-state index contributed by atoms with van der Waals surface area (Å²) in [6, 6.07) is 1.83. The summed E-state index contributed by atoms with van der Waals surface area (Å²) in [7, 11) is 0. The first-order valence-corrected chi connectivity index (χ1v) is 4.32. The Morgan fingerprint density at radius 1 is 1.58 bits per heavy atom. The molecule has 0 N–H and O–H groups in total. The van der Waals surface area contributed by atoms with Gasteiger partial charge in [-0.1, -0.05) is 17.5 Å². The van der Waals surface area contributed by atoms with E-state index in [1.807, 2.05) is 13.0 Å². The van der Waals surface area contributed by atoms with Crippen LogP contribution >= 0.6 is 23.2 Å². The Labute approximate surface area is 81.7 Å². The fraction of sp³-hybridized carbons (Fsp3) is 0.222. The van der Waals surface area contributed by atoms with Gasteiger partial charge in [0, 0.05) is 6.20 Å².